The van der Waals surface area contributed by atoms with E-state index in [1.807, 2.05) is 36.4 Å². The summed E-state index contributed by atoms with van der Waals surface area (Å²) in [6.07, 6.45) is 0.399. The molecule has 1 aromatic rings. The summed E-state index contributed by atoms with van der Waals surface area (Å²) in [5.74, 6) is -0.647. The van der Waals surface area contributed by atoms with Gasteiger partial charge in [0.2, 0.25) is 0 Å². The lowest BCUT2D eigenvalue weighted by molar-refractivity contribution is 0.753. The van der Waals surface area contributed by atoms with E-state index < -0.39 is 5.92 Å². The molecule has 0 heterocycles. The minimum atomic E-state index is -0.647. The van der Waals surface area contributed by atoms with Gasteiger partial charge in [-0.1, -0.05) is 30.3 Å². The van der Waals surface area contributed by atoms with Crippen LogP contribution in [0.4, 0.5) is 0 Å². The van der Waals surface area contributed by atoms with Crippen molar-refractivity contribution < 1.29 is 0 Å². The largest absolute Gasteiger partial charge is 0.399 e. The van der Waals surface area contributed by atoms with Gasteiger partial charge < -0.3 is 5.73 Å². The smallest absolute Gasteiger partial charge is 0.149 e. The Balaban J connectivity index is 2.97. The SMILES string of the molecule is N#CC(C#N)=C(N)[C@H](C#N)Cc1ccccc1. The molecule has 0 fully saturated rings. The van der Waals surface area contributed by atoms with Crippen molar-refractivity contribution in [3.05, 3.63) is 47.2 Å². The van der Waals surface area contributed by atoms with Gasteiger partial charge in [0, 0.05) is 0 Å². The first kappa shape index (κ1) is 12.3. The third-order valence-corrected chi connectivity index (χ3v) is 2.33. The molecule has 0 unspecified atom stereocenters. The van der Waals surface area contributed by atoms with E-state index in [-0.39, 0.29) is 11.3 Å². The third kappa shape index (κ3) is 3.09. The first-order valence-corrected chi connectivity index (χ1v) is 4.96. The van der Waals surface area contributed by atoms with E-state index in [0.29, 0.717) is 6.42 Å². The van der Waals surface area contributed by atoms with Crippen molar-refractivity contribution in [2.24, 2.45) is 11.7 Å². The van der Waals surface area contributed by atoms with Crippen LogP contribution >= 0.6 is 0 Å². The molecule has 0 saturated heterocycles. The van der Waals surface area contributed by atoms with Gasteiger partial charge in [0.1, 0.15) is 17.7 Å². The number of nitriles is 3. The molecule has 0 saturated carbocycles. The molecule has 0 aliphatic carbocycles. The summed E-state index contributed by atoms with van der Waals surface area (Å²) in [5, 5.41) is 26.4. The third-order valence-electron chi connectivity index (χ3n) is 2.33. The molecular weight excluding hydrogens is 212 g/mol. The number of allylic oxidation sites excluding steroid dienone is 2. The first-order valence-electron chi connectivity index (χ1n) is 4.96. The molecule has 0 aliphatic rings. The van der Waals surface area contributed by atoms with Gasteiger partial charge in [-0.3, -0.25) is 0 Å². The van der Waals surface area contributed by atoms with Crippen LogP contribution < -0.4 is 5.73 Å². The quantitative estimate of drug-likeness (QED) is 0.786. The van der Waals surface area contributed by atoms with E-state index in [0.717, 1.165) is 5.56 Å². The highest BCUT2D eigenvalue weighted by Crippen LogP contribution is 2.15. The molecule has 82 valence electrons. The summed E-state index contributed by atoms with van der Waals surface area (Å²) in [6, 6.07) is 14.7. The van der Waals surface area contributed by atoms with E-state index in [1.54, 1.807) is 12.1 Å². The molecule has 1 atom stereocenters. The van der Waals surface area contributed by atoms with Crippen molar-refractivity contribution in [1.29, 1.82) is 15.8 Å². The Morgan fingerprint density at radius 1 is 1.12 bits per heavy atom. The van der Waals surface area contributed by atoms with Gasteiger partial charge in [0.25, 0.3) is 0 Å². The van der Waals surface area contributed by atoms with Gasteiger partial charge >= 0.3 is 0 Å². The highest BCUT2D eigenvalue weighted by molar-refractivity contribution is 5.41. The fourth-order valence-electron chi connectivity index (χ4n) is 1.40. The molecule has 1 rings (SSSR count). The molecule has 1 aromatic carbocycles. The molecule has 2 N–H and O–H groups in total. The summed E-state index contributed by atoms with van der Waals surface area (Å²) in [7, 11) is 0. The Morgan fingerprint density at radius 2 is 1.71 bits per heavy atom. The van der Waals surface area contributed by atoms with Gasteiger partial charge in [-0.25, -0.2) is 0 Å². The predicted octanol–water partition coefficient (Wildman–Crippen LogP) is 1.63. The molecule has 0 radical (unpaired) electrons. The molecule has 17 heavy (non-hydrogen) atoms. The zero-order valence-corrected chi connectivity index (χ0v) is 9.09. The van der Waals surface area contributed by atoms with Crippen LogP contribution in [-0.4, -0.2) is 0 Å². The summed E-state index contributed by atoms with van der Waals surface area (Å²) in [6.45, 7) is 0. The van der Waals surface area contributed by atoms with Crippen molar-refractivity contribution in [1.82, 2.24) is 0 Å². The Hall–Kier alpha value is -2.77. The van der Waals surface area contributed by atoms with Gasteiger partial charge in [-0.15, -0.1) is 0 Å². The first-order chi connectivity index (χ1) is 8.22. The maximum absolute atomic E-state index is 9.01. The van der Waals surface area contributed by atoms with Crippen LogP contribution in [0.3, 0.4) is 0 Å². The molecule has 0 aliphatic heterocycles. The van der Waals surface area contributed by atoms with E-state index in [1.165, 1.54) is 0 Å². The van der Waals surface area contributed by atoms with Gasteiger partial charge in [0.05, 0.1) is 17.7 Å². The molecule has 0 aromatic heterocycles. The van der Waals surface area contributed by atoms with E-state index in [2.05, 4.69) is 0 Å². The maximum Gasteiger partial charge on any atom is 0.149 e. The maximum atomic E-state index is 9.01. The number of hydrogen-bond acceptors (Lipinski definition) is 4. The van der Waals surface area contributed by atoms with Gasteiger partial charge in [-0.2, -0.15) is 15.8 Å². The topological polar surface area (TPSA) is 97.4 Å². The number of hydrogen-bond donors (Lipinski definition) is 1. The van der Waals surface area contributed by atoms with Gasteiger partial charge in [-0.05, 0) is 12.0 Å². The van der Waals surface area contributed by atoms with Crippen LogP contribution in [0.25, 0.3) is 0 Å². The minimum absolute atomic E-state index is 0.0429. The minimum Gasteiger partial charge on any atom is -0.399 e. The van der Waals surface area contributed by atoms with Crippen molar-refractivity contribution >= 4 is 0 Å². The molecular formula is C13H10N4. The van der Waals surface area contributed by atoms with Gasteiger partial charge in [0.15, 0.2) is 0 Å². The lowest BCUT2D eigenvalue weighted by Gasteiger charge is -2.09. The van der Waals surface area contributed by atoms with E-state index in [9.17, 15) is 0 Å². The van der Waals surface area contributed by atoms with Crippen molar-refractivity contribution in [2.75, 3.05) is 0 Å². The summed E-state index contributed by atoms with van der Waals surface area (Å²) in [5.41, 5.74) is 6.45. The Bertz CT molecular complexity index is 522. The molecule has 0 spiro atoms. The monoisotopic (exact) mass is 222 g/mol. The normalized spacial score (nSPS) is 10.4. The summed E-state index contributed by atoms with van der Waals surface area (Å²) in [4.78, 5) is 0. The number of benzene rings is 1. The number of nitrogens with two attached hydrogens (primary N) is 1. The average molecular weight is 222 g/mol. The predicted molar refractivity (Wildman–Crippen MR) is 61.7 cm³/mol. The van der Waals surface area contributed by atoms with Crippen LogP contribution in [0, 0.1) is 39.9 Å². The Morgan fingerprint density at radius 3 is 2.18 bits per heavy atom. The fourth-order valence-corrected chi connectivity index (χ4v) is 1.40. The Labute approximate surface area is 99.8 Å². The molecule has 0 bridgehead atoms. The van der Waals surface area contributed by atoms with Crippen LogP contribution in [0.2, 0.25) is 0 Å². The fraction of sp³-hybridized carbons (Fsp3) is 0.154. The van der Waals surface area contributed by atoms with Crippen LogP contribution in [-0.2, 0) is 6.42 Å². The summed E-state index contributed by atoms with van der Waals surface area (Å²) >= 11 is 0. The molecule has 4 nitrogen and oxygen atoms in total. The lowest BCUT2D eigenvalue weighted by atomic mass is 9.95. The zero-order chi connectivity index (χ0) is 12.7. The van der Waals surface area contributed by atoms with Crippen LogP contribution in [0.5, 0.6) is 0 Å². The second-order valence-corrected chi connectivity index (χ2v) is 3.43. The van der Waals surface area contributed by atoms with Crippen molar-refractivity contribution in [2.45, 2.75) is 6.42 Å². The highest BCUT2D eigenvalue weighted by Gasteiger charge is 2.16. The molecule has 4 heteroatoms. The van der Waals surface area contributed by atoms with E-state index >= 15 is 0 Å². The second kappa shape index (κ2) is 5.95. The van der Waals surface area contributed by atoms with Crippen LogP contribution in [0.1, 0.15) is 5.56 Å². The number of rotatable bonds is 3. The second-order valence-electron chi connectivity index (χ2n) is 3.43. The average Bonchev–Trinajstić information content (AvgIpc) is 2.38. The zero-order valence-electron chi connectivity index (χ0n) is 9.09. The van der Waals surface area contributed by atoms with Crippen molar-refractivity contribution in [3.8, 4) is 18.2 Å². The van der Waals surface area contributed by atoms with E-state index in [4.69, 9.17) is 21.5 Å². The molecule has 0 amide bonds. The van der Waals surface area contributed by atoms with Crippen LogP contribution in [0.15, 0.2) is 41.6 Å². The standard InChI is InChI=1S/C13H10N4/c14-7-11(13(17)12(8-15)9-16)6-10-4-2-1-3-5-10/h1-5,11H,6,17H2/t11-/m0/s1. The highest BCUT2D eigenvalue weighted by atomic mass is 14.6. The lowest BCUT2D eigenvalue weighted by Crippen LogP contribution is -2.15. The Kier molecular flexibility index (Phi) is 4.31. The van der Waals surface area contributed by atoms with Crippen molar-refractivity contribution in [3.63, 3.8) is 0 Å². The summed E-state index contributed by atoms with van der Waals surface area (Å²) < 4.78 is 0. The number of nitrogens with zero attached hydrogens (tertiary/aromatic N) is 3.